The number of morpholine rings is 2. The Bertz CT molecular complexity index is 1120. The fraction of sp³-hybridized carbons (Fsp3) is 0.655. The van der Waals surface area contributed by atoms with Crippen molar-refractivity contribution in [3.63, 3.8) is 0 Å². The molecule has 0 bridgehead atoms. The maximum absolute atomic E-state index is 13.0. The van der Waals surface area contributed by atoms with Crippen LogP contribution in [0.15, 0.2) is 24.3 Å². The Hall–Kier alpha value is -0.820. The number of aliphatic hydroxyl groups is 2. The first-order chi connectivity index (χ1) is 19.4. The molecule has 2 saturated carbocycles. The van der Waals surface area contributed by atoms with Gasteiger partial charge in [0.2, 0.25) is 5.95 Å². The van der Waals surface area contributed by atoms with Crippen LogP contribution in [0.1, 0.15) is 47.0 Å². The molecular weight excluding hydrogens is 805 g/mol. The molecule has 2 aliphatic heterocycles. The summed E-state index contributed by atoms with van der Waals surface area (Å²) in [5, 5.41) is 22.2. The van der Waals surface area contributed by atoms with Gasteiger partial charge in [-0.25, -0.2) is 9.97 Å². The first kappa shape index (κ1) is 38.4. The molecule has 2 aromatic heterocycles. The second-order valence-electron chi connectivity index (χ2n) is 11.6. The summed E-state index contributed by atoms with van der Waals surface area (Å²) < 4.78 is 25.7. The lowest BCUT2D eigenvalue weighted by Gasteiger charge is -2.41. The number of nitrogens with two attached hydrogens (primary N) is 1. The van der Waals surface area contributed by atoms with E-state index in [2.05, 4.69) is 72.5 Å². The first-order valence-electron chi connectivity index (χ1n) is 14.0. The van der Waals surface area contributed by atoms with E-state index in [1.807, 2.05) is 24.8 Å². The molecule has 0 aromatic carbocycles. The summed E-state index contributed by atoms with van der Waals surface area (Å²) in [7, 11) is 0. The molecule has 14 heteroatoms. The third-order valence-corrected chi connectivity index (χ3v) is 8.57. The minimum absolute atomic E-state index is 0. The summed E-state index contributed by atoms with van der Waals surface area (Å²) in [6.07, 6.45) is 3.11. The second-order valence-corrected chi connectivity index (χ2v) is 14.1. The number of pyridine rings is 2. The molecule has 5 N–H and O–H groups in total. The molecule has 4 aliphatic rings. The summed E-state index contributed by atoms with van der Waals surface area (Å²) >= 11 is 4.41. The Labute approximate surface area is 288 Å². The normalized spacial score (nSPS) is 27.8. The number of hydrogen-bond acceptors (Lipinski definition) is 10. The molecule has 6 rings (SSSR count). The molecule has 0 radical (unpaired) electrons. The van der Waals surface area contributed by atoms with E-state index >= 15 is 0 Å². The van der Waals surface area contributed by atoms with E-state index in [9.17, 15) is 9.50 Å². The van der Waals surface area contributed by atoms with Crippen LogP contribution in [0.2, 0.25) is 0 Å². The van der Waals surface area contributed by atoms with Crippen molar-refractivity contribution < 1.29 is 24.1 Å². The maximum Gasteiger partial charge on any atom is 0.215 e. The van der Waals surface area contributed by atoms with Gasteiger partial charge in [-0.05, 0) is 103 Å². The van der Waals surface area contributed by atoms with E-state index in [1.54, 1.807) is 0 Å². The molecule has 4 heterocycles. The number of nitrogens with one attached hydrogen (secondary N) is 1. The largest absolute Gasteiger partial charge is 0.390 e. The molecule has 0 unspecified atom stereocenters. The number of rotatable bonds is 4. The zero-order chi connectivity index (χ0) is 29.6. The Kier molecular flexibility index (Phi) is 15.3. The van der Waals surface area contributed by atoms with Gasteiger partial charge in [0.15, 0.2) is 0 Å². The number of aromatic nitrogens is 2. The summed E-state index contributed by atoms with van der Waals surface area (Å²) in [6.45, 7) is 9.96. The monoisotopic (exact) mass is 850 g/mol. The van der Waals surface area contributed by atoms with Gasteiger partial charge >= 0.3 is 0 Å². The standard InChI is InChI=1S/C14H20IN3O2.C9H10FIN2O.C5H11NO.CH4.ClH/c1-14(19)8-11(9-14)16-12-6-10(15)7-13(17-12)18-2-4-20-5-3-18;10-8-5-7(11)6-9(12-8)13-1-3-14-4-2-13;1-5(7)2-4(6)3-5;;/h6-7,11,19H,2-5,8-9H2,1H3,(H,16,17);5-6H,1-4H2;4,7H,2-3,6H2,1H3;1H4;1H. The molecule has 2 saturated heterocycles. The highest BCUT2D eigenvalue weighted by atomic mass is 127. The summed E-state index contributed by atoms with van der Waals surface area (Å²) in [4.78, 5) is 12.9. The smallest absolute Gasteiger partial charge is 0.215 e. The van der Waals surface area contributed by atoms with E-state index < -0.39 is 17.1 Å². The molecule has 43 heavy (non-hydrogen) atoms. The van der Waals surface area contributed by atoms with Gasteiger partial charge in [0.05, 0.1) is 37.6 Å². The van der Waals surface area contributed by atoms with E-state index in [0.29, 0.717) is 25.1 Å². The number of ether oxygens (including phenoxy) is 2. The van der Waals surface area contributed by atoms with Crippen LogP contribution in [0.4, 0.5) is 21.8 Å². The van der Waals surface area contributed by atoms with Gasteiger partial charge in [-0.2, -0.15) is 4.39 Å². The fourth-order valence-corrected chi connectivity index (χ4v) is 6.41. The lowest BCUT2D eigenvalue weighted by Crippen LogP contribution is -2.49. The molecular formula is C29H46ClFI2N6O4. The van der Waals surface area contributed by atoms with Crippen LogP contribution in [0, 0.1) is 13.1 Å². The van der Waals surface area contributed by atoms with Crippen molar-refractivity contribution in [3.8, 4) is 0 Å². The van der Waals surface area contributed by atoms with Gasteiger partial charge in [-0.15, -0.1) is 12.4 Å². The highest BCUT2D eigenvalue weighted by Gasteiger charge is 2.38. The highest BCUT2D eigenvalue weighted by Crippen LogP contribution is 2.34. The second kappa shape index (κ2) is 17.2. The van der Waals surface area contributed by atoms with Crippen LogP contribution < -0.4 is 20.9 Å². The maximum atomic E-state index is 13.0. The minimum atomic E-state index is -0.507. The van der Waals surface area contributed by atoms with Crippen LogP contribution >= 0.6 is 57.6 Å². The third kappa shape index (κ3) is 12.5. The van der Waals surface area contributed by atoms with E-state index in [4.69, 9.17) is 25.3 Å². The van der Waals surface area contributed by atoms with Crippen LogP contribution in [0.5, 0.6) is 0 Å². The highest BCUT2D eigenvalue weighted by molar-refractivity contribution is 14.1. The average molecular weight is 851 g/mol. The van der Waals surface area contributed by atoms with Crippen LogP contribution in [0.3, 0.4) is 0 Å². The SMILES string of the molecule is C.CC1(O)CC(N)C1.CC1(O)CC(Nc2cc(I)cc(N3CCOCC3)n2)C1.Cl.Fc1cc(I)cc(N2CCOCC2)n1. The third-order valence-electron chi connectivity index (χ3n) is 7.32. The summed E-state index contributed by atoms with van der Waals surface area (Å²) in [6, 6.07) is 8.05. The van der Waals surface area contributed by atoms with Crippen molar-refractivity contribution >= 4 is 75.0 Å². The van der Waals surface area contributed by atoms with Crippen LogP contribution in [0.25, 0.3) is 0 Å². The zero-order valence-corrected chi connectivity index (χ0v) is 29.2. The number of nitrogens with zero attached hydrogens (tertiary/aromatic N) is 4. The Morgan fingerprint density at radius 2 is 1.28 bits per heavy atom. The van der Waals surface area contributed by atoms with Crippen molar-refractivity contribution in [1.29, 1.82) is 0 Å². The van der Waals surface area contributed by atoms with Gasteiger partial charge < -0.3 is 40.5 Å². The van der Waals surface area contributed by atoms with E-state index in [1.165, 1.54) is 9.64 Å². The molecule has 244 valence electrons. The molecule has 10 nitrogen and oxygen atoms in total. The number of anilines is 3. The summed E-state index contributed by atoms with van der Waals surface area (Å²) in [5.41, 5.74) is 4.46. The van der Waals surface area contributed by atoms with Crippen molar-refractivity contribution in [1.82, 2.24) is 9.97 Å². The van der Waals surface area contributed by atoms with Crippen molar-refractivity contribution in [2.24, 2.45) is 5.73 Å². The van der Waals surface area contributed by atoms with Gasteiger partial charge in [0.25, 0.3) is 0 Å². The van der Waals surface area contributed by atoms with E-state index in [0.717, 1.165) is 80.3 Å². The lowest BCUT2D eigenvalue weighted by molar-refractivity contribution is -0.0287. The topological polar surface area (TPSA) is 129 Å². The van der Waals surface area contributed by atoms with Gasteiger partial charge in [-0.1, -0.05) is 7.43 Å². The first-order valence-corrected chi connectivity index (χ1v) is 16.2. The Morgan fingerprint density at radius 1 is 0.837 bits per heavy atom. The minimum Gasteiger partial charge on any atom is -0.390 e. The predicted octanol–water partition coefficient (Wildman–Crippen LogP) is 4.43. The molecule has 0 spiro atoms. The summed E-state index contributed by atoms with van der Waals surface area (Å²) in [5.74, 6) is 2.20. The van der Waals surface area contributed by atoms with Crippen molar-refractivity contribution in [3.05, 3.63) is 37.4 Å². The van der Waals surface area contributed by atoms with Gasteiger partial charge in [-0.3, -0.25) is 0 Å². The number of hydrogen-bond donors (Lipinski definition) is 4. The molecule has 0 amide bonds. The zero-order valence-electron chi connectivity index (χ0n) is 24.1. The Balaban J connectivity index is 0.000000245. The number of halogens is 4. The van der Waals surface area contributed by atoms with Crippen LogP contribution in [-0.2, 0) is 9.47 Å². The van der Waals surface area contributed by atoms with Gasteiger partial charge in [0, 0.05) is 51.5 Å². The fourth-order valence-electron chi connectivity index (χ4n) is 5.30. The lowest BCUT2D eigenvalue weighted by atomic mass is 9.77. The average Bonchev–Trinajstić information content (AvgIpc) is 2.87. The molecule has 4 fully saturated rings. The predicted molar refractivity (Wildman–Crippen MR) is 189 cm³/mol. The van der Waals surface area contributed by atoms with E-state index in [-0.39, 0.29) is 25.9 Å². The molecule has 2 aliphatic carbocycles. The van der Waals surface area contributed by atoms with Crippen molar-refractivity contribution in [2.75, 3.05) is 67.7 Å². The Morgan fingerprint density at radius 3 is 1.67 bits per heavy atom. The van der Waals surface area contributed by atoms with Gasteiger partial charge in [0.1, 0.15) is 17.5 Å². The van der Waals surface area contributed by atoms with Crippen molar-refractivity contribution in [2.45, 2.75) is 70.2 Å². The quantitative estimate of drug-likeness (QED) is 0.260. The molecule has 2 aromatic rings. The van der Waals surface area contributed by atoms with Crippen LogP contribution in [-0.4, -0.2) is 96.1 Å². The molecule has 0 atom stereocenters.